The van der Waals surface area contributed by atoms with Crippen LogP contribution in [-0.2, 0) is 11.2 Å². The molecular weight excluding hydrogens is 348 g/mol. The number of amides is 1. The summed E-state index contributed by atoms with van der Waals surface area (Å²) in [6.07, 6.45) is 1.53. The second-order valence-electron chi connectivity index (χ2n) is 6.74. The van der Waals surface area contributed by atoms with Crippen LogP contribution in [0.2, 0.25) is 0 Å². The molecule has 140 valence electrons. The van der Waals surface area contributed by atoms with Crippen molar-refractivity contribution in [3.05, 3.63) is 102 Å². The number of hydrogen-bond donors (Lipinski definition) is 0. The van der Waals surface area contributed by atoms with Crippen molar-refractivity contribution in [1.29, 1.82) is 0 Å². The molecule has 4 heteroatoms. The number of carbonyl (C=O) groups excluding carboxylic acids is 1. The van der Waals surface area contributed by atoms with Gasteiger partial charge in [-0.3, -0.25) is 4.79 Å². The van der Waals surface area contributed by atoms with E-state index in [1.54, 1.807) is 0 Å². The summed E-state index contributed by atoms with van der Waals surface area (Å²) >= 11 is 0. The molecule has 0 aromatic heterocycles. The molecule has 0 saturated carbocycles. The van der Waals surface area contributed by atoms with Crippen molar-refractivity contribution in [3.63, 3.8) is 0 Å². The van der Waals surface area contributed by atoms with E-state index in [4.69, 9.17) is 4.74 Å². The maximum atomic E-state index is 12.6. The molecule has 4 nitrogen and oxygen atoms in total. The molecule has 4 rings (SSSR count). The minimum absolute atomic E-state index is 0.0165. The number of hydrazone groups is 1. The number of hydrogen-bond acceptors (Lipinski definition) is 3. The lowest BCUT2D eigenvalue weighted by atomic mass is 10.0. The number of carbonyl (C=O) groups is 1. The number of nitrogens with zero attached hydrogens (tertiary/aromatic N) is 2. The van der Waals surface area contributed by atoms with Crippen molar-refractivity contribution in [3.8, 4) is 5.75 Å². The van der Waals surface area contributed by atoms with E-state index >= 15 is 0 Å². The normalized spacial score (nSPS) is 13.3. The predicted molar refractivity (Wildman–Crippen MR) is 110 cm³/mol. The molecule has 1 heterocycles. The van der Waals surface area contributed by atoms with Crippen LogP contribution < -0.4 is 4.74 Å². The topological polar surface area (TPSA) is 41.9 Å². The lowest BCUT2D eigenvalue weighted by Crippen LogP contribution is -2.29. The molecule has 1 aliphatic rings. The van der Waals surface area contributed by atoms with Crippen LogP contribution in [0.1, 0.15) is 23.1 Å². The molecule has 0 saturated heterocycles. The lowest BCUT2D eigenvalue weighted by Gasteiger charge is -2.14. The molecular formula is C24H22N2O2. The van der Waals surface area contributed by atoms with Crippen LogP contribution in [-0.4, -0.2) is 29.8 Å². The van der Waals surface area contributed by atoms with Crippen molar-refractivity contribution in [2.45, 2.75) is 12.8 Å². The summed E-state index contributed by atoms with van der Waals surface area (Å²) in [4.78, 5) is 12.6. The fourth-order valence-electron chi connectivity index (χ4n) is 3.29. The fourth-order valence-corrected chi connectivity index (χ4v) is 3.29. The second kappa shape index (κ2) is 8.53. The van der Waals surface area contributed by atoms with E-state index in [0.717, 1.165) is 35.4 Å². The highest BCUT2D eigenvalue weighted by atomic mass is 16.5. The minimum Gasteiger partial charge on any atom is -0.483 e. The zero-order valence-electron chi connectivity index (χ0n) is 15.6. The highest BCUT2D eigenvalue weighted by molar-refractivity contribution is 6.02. The molecule has 0 fully saturated rings. The summed E-state index contributed by atoms with van der Waals surface area (Å²) in [5.41, 5.74) is 4.28. The smallest absolute Gasteiger partial charge is 0.280 e. The third-order valence-electron chi connectivity index (χ3n) is 4.76. The molecule has 0 N–H and O–H groups in total. The first-order chi connectivity index (χ1) is 13.8. The molecule has 0 aliphatic carbocycles. The first-order valence-corrected chi connectivity index (χ1v) is 9.47. The summed E-state index contributed by atoms with van der Waals surface area (Å²) in [5.74, 6) is 0.617. The van der Waals surface area contributed by atoms with Crippen molar-refractivity contribution in [2.75, 3.05) is 13.2 Å². The third kappa shape index (κ3) is 4.29. The van der Waals surface area contributed by atoms with Gasteiger partial charge in [0.25, 0.3) is 5.91 Å². The van der Waals surface area contributed by atoms with Crippen LogP contribution in [0.3, 0.4) is 0 Å². The van der Waals surface area contributed by atoms with Gasteiger partial charge < -0.3 is 4.74 Å². The van der Waals surface area contributed by atoms with Crippen LogP contribution in [0.15, 0.2) is 90.0 Å². The minimum atomic E-state index is -0.125. The highest BCUT2D eigenvalue weighted by Gasteiger charge is 2.22. The maximum Gasteiger partial charge on any atom is 0.280 e. The van der Waals surface area contributed by atoms with Gasteiger partial charge in [0.05, 0.1) is 12.3 Å². The van der Waals surface area contributed by atoms with Crippen LogP contribution in [0.5, 0.6) is 5.75 Å². The van der Waals surface area contributed by atoms with Gasteiger partial charge in [0.1, 0.15) is 5.75 Å². The van der Waals surface area contributed by atoms with Gasteiger partial charge in [-0.05, 0) is 22.8 Å². The van der Waals surface area contributed by atoms with Crippen molar-refractivity contribution in [2.24, 2.45) is 5.10 Å². The van der Waals surface area contributed by atoms with E-state index in [-0.39, 0.29) is 12.5 Å². The fraction of sp³-hybridized carbons (Fsp3) is 0.167. The Balaban J connectivity index is 1.40. The van der Waals surface area contributed by atoms with E-state index in [9.17, 15) is 4.79 Å². The molecule has 1 amide bonds. The second-order valence-corrected chi connectivity index (χ2v) is 6.74. The Morgan fingerprint density at radius 1 is 0.893 bits per heavy atom. The van der Waals surface area contributed by atoms with Gasteiger partial charge in [-0.1, -0.05) is 78.9 Å². The molecule has 0 radical (unpaired) electrons. The first kappa shape index (κ1) is 18.0. The Morgan fingerprint density at radius 3 is 2.36 bits per heavy atom. The summed E-state index contributed by atoms with van der Waals surface area (Å²) in [5, 5.41) is 6.00. The van der Waals surface area contributed by atoms with Gasteiger partial charge in [0.2, 0.25) is 0 Å². The molecule has 3 aromatic carbocycles. The van der Waals surface area contributed by atoms with Crippen LogP contribution >= 0.6 is 0 Å². The Labute approximate surface area is 165 Å². The Kier molecular flexibility index (Phi) is 5.48. The molecule has 1 aliphatic heterocycles. The van der Waals surface area contributed by atoms with Crippen LogP contribution in [0.4, 0.5) is 0 Å². The van der Waals surface area contributed by atoms with Crippen molar-refractivity contribution >= 4 is 11.6 Å². The Hall–Kier alpha value is -3.40. The zero-order chi connectivity index (χ0) is 19.2. The standard InChI is InChI=1S/C24H22N2O2/c27-24(26-16-15-22(25-26)20-11-5-2-6-12-20)18-28-23-14-8-7-13-21(23)17-19-9-3-1-4-10-19/h1-14H,15-18H2. The third-order valence-corrected chi connectivity index (χ3v) is 4.76. The van der Waals surface area contributed by atoms with Crippen LogP contribution in [0, 0.1) is 0 Å². The van der Waals surface area contributed by atoms with Gasteiger partial charge >= 0.3 is 0 Å². The number of benzene rings is 3. The average Bonchev–Trinajstić information content (AvgIpc) is 3.25. The number of rotatable bonds is 6. The SMILES string of the molecule is O=C(COc1ccccc1Cc1ccccc1)N1CCC(c2ccccc2)=N1. The highest BCUT2D eigenvalue weighted by Crippen LogP contribution is 2.22. The molecule has 0 unspecified atom stereocenters. The largest absolute Gasteiger partial charge is 0.483 e. The Bertz CT molecular complexity index is 968. The summed E-state index contributed by atoms with van der Waals surface area (Å²) in [6, 6.07) is 28.1. The molecule has 28 heavy (non-hydrogen) atoms. The monoisotopic (exact) mass is 370 g/mol. The lowest BCUT2D eigenvalue weighted by molar-refractivity contribution is -0.132. The van der Waals surface area contributed by atoms with Gasteiger partial charge in [0.15, 0.2) is 6.61 Å². The molecule has 3 aromatic rings. The molecule has 0 bridgehead atoms. The summed E-state index contributed by atoms with van der Waals surface area (Å²) < 4.78 is 5.86. The van der Waals surface area contributed by atoms with E-state index in [1.807, 2.05) is 72.8 Å². The summed E-state index contributed by atoms with van der Waals surface area (Å²) in [7, 11) is 0. The van der Waals surface area contributed by atoms with Gasteiger partial charge in [0, 0.05) is 12.8 Å². The van der Waals surface area contributed by atoms with Crippen LogP contribution in [0.25, 0.3) is 0 Å². The van der Waals surface area contributed by atoms with Gasteiger partial charge in [-0.25, -0.2) is 5.01 Å². The number of para-hydroxylation sites is 1. The predicted octanol–water partition coefficient (Wildman–Crippen LogP) is 4.29. The zero-order valence-corrected chi connectivity index (χ0v) is 15.6. The molecule has 0 atom stereocenters. The van der Waals surface area contributed by atoms with Crippen molar-refractivity contribution in [1.82, 2.24) is 5.01 Å². The van der Waals surface area contributed by atoms with E-state index in [0.29, 0.717) is 6.54 Å². The average molecular weight is 370 g/mol. The Morgan fingerprint density at radius 2 is 1.57 bits per heavy atom. The van der Waals surface area contributed by atoms with Gasteiger partial charge in [-0.15, -0.1) is 0 Å². The van der Waals surface area contributed by atoms with Crippen molar-refractivity contribution < 1.29 is 9.53 Å². The first-order valence-electron chi connectivity index (χ1n) is 9.47. The quantitative estimate of drug-likeness (QED) is 0.649. The van der Waals surface area contributed by atoms with E-state index in [1.165, 1.54) is 10.6 Å². The van der Waals surface area contributed by atoms with Gasteiger partial charge in [-0.2, -0.15) is 5.10 Å². The summed E-state index contributed by atoms with van der Waals surface area (Å²) in [6.45, 7) is 0.579. The van der Waals surface area contributed by atoms with E-state index < -0.39 is 0 Å². The number of ether oxygens (including phenoxy) is 1. The maximum absolute atomic E-state index is 12.6. The van der Waals surface area contributed by atoms with E-state index in [2.05, 4.69) is 17.2 Å². The molecule has 0 spiro atoms.